The van der Waals surface area contributed by atoms with Crippen molar-refractivity contribution in [2.24, 2.45) is 0 Å². The first-order valence-electron chi connectivity index (χ1n) is 6.63. The lowest BCUT2D eigenvalue weighted by atomic mass is 9.95. The van der Waals surface area contributed by atoms with Gasteiger partial charge in [0.25, 0.3) is 0 Å². The van der Waals surface area contributed by atoms with Gasteiger partial charge in [-0.3, -0.25) is 0 Å². The predicted molar refractivity (Wildman–Crippen MR) is 81.9 cm³/mol. The van der Waals surface area contributed by atoms with E-state index in [0.29, 0.717) is 37.6 Å². The van der Waals surface area contributed by atoms with E-state index >= 15 is 0 Å². The average molecular weight is 267 g/mol. The minimum atomic E-state index is 0.410. The highest BCUT2D eigenvalue weighted by Gasteiger charge is 2.03. The van der Waals surface area contributed by atoms with Gasteiger partial charge >= 0.3 is 0 Å². The molecule has 2 rings (SSSR count). The topological polar surface area (TPSA) is 44.5 Å². The van der Waals surface area contributed by atoms with E-state index in [1.165, 1.54) is 0 Å². The quantitative estimate of drug-likeness (QED) is 0.476. The molecule has 2 aromatic carbocycles. The maximum Gasteiger partial charge on any atom is 0.142 e. The summed E-state index contributed by atoms with van der Waals surface area (Å²) in [4.78, 5) is 0. The molecule has 3 nitrogen and oxygen atoms in total. The van der Waals surface area contributed by atoms with Crippen molar-refractivity contribution in [2.75, 3.05) is 18.9 Å². The maximum absolute atomic E-state index is 5.95. The number of para-hydroxylation sites is 1. The molecule has 0 aliphatic rings. The van der Waals surface area contributed by atoms with Crippen molar-refractivity contribution < 1.29 is 9.47 Å². The largest absolute Gasteiger partial charge is 0.489 e. The minimum Gasteiger partial charge on any atom is -0.489 e. The summed E-state index contributed by atoms with van der Waals surface area (Å²) in [5, 5.41) is 0. The molecule has 0 heterocycles. The number of anilines is 1. The van der Waals surface area contributed by atoms with Crippen molar-refractivity contribution in [1.82, 2.24) is 0 Å². The van der Waals surface area contributed by atoms with Crippen LogP contribution < -0.4 is 10.5 Å². The van der Waals surface area contributed by atoms with Crippen molar-refractivity contribution in [2.45, 2.75) is 12.9 Å². The van der Waals surface area contributed by atoms with E-state index in [0.717, 1.165) is 11.1 Å². The molecule has 0 aliphatic heterocycles. The van der Waals surface area contributed by atoms with Gasteiger partial charge in [-0.25, -0.2) is 0 Å². The Hall–Kier alpha value is -1.94. The summed E-state index contributed by atoms with van der Waals surface area (Å²) in [5.41, 5.74) is 8.61. The molecule has 0 bridgehead atoms. The first kappa shape index (κ1) is 14.5. The molecular formula is C16H18BNO2. The molecule has 0 saturated carbocycles. The van der Waals surface area contributed by atoms with E-state index in [1.807, 2.05) is 48.5 Å². The second-order valence-electron chi connectivity index (χ2n) is 4.42. The third-order valence-electron chi connectivity index (χ3n) is 2.97. The van der Waals surface area contributed by atoms with Crippen LogP contribution in [-0.4, -0.2) is 21.1 Å². The first-order valence-corrected chi connectivity index (χ1v) is 6.63. The standard InChI is InChI=1S/C16H18BNO2/c17-11-14-7-4-8-15(16(14)18)20-10-9-19-12-13-5-2-1-3-6-13/h1-8H,9-12,18H2. The third-order valence-corrected chi connectivity index (χ3v) is 2.97. The van der Waals surface area contributed by atoms with E-state index in [1.54, 1.807) is 0 Å². The van der Waals surface area contributed by atoms with Crippen molar-refractivity contribution >= 4 is 13.5 Å². The molecule has 2 radical (unpaired) electrons. The Morgan fingerprint density at radius 1 is 0.950 bits per heavy atom. The molecule has 0 unspecified atom stereocenters. The van der Waals surface area contributed by atoms with Crippen LogP contribution in [0.4, 0.5) is 5.69 Å². The third kappa shape index (κ3) is 4.03. The lowest BCUT2D eigenvalue weighted by Gasteiger charge is -2.11. The molecule has 0 aromatic heterocycles. The van der Waals surface area contributed by atoms with Crippen molar-refractivity contribution in [3.8, 4) is 5.75 Å². The molecule has 0 spiro atoms. The number of nitrogens with two attached hydrogens (primary N) is 1. The summed E-state index contributed by atoms with van der Waals surface area (Å²) in [6.45, 7) is 1.56. The molecular weight excluding hydrogens is 249 g/mol. The molecule has 0 fully saturated rings. The average Bonchev–Trinajstić information content (AvgIpc) is 2.49. The summed E-state index contributed by atoms with van der Waals surface area (Å²) < 4.78 is 11.2. The van der Waals surface area contributed by atoms with Crippen LogP contribution in [-0.2, 0) is 17.7 Å². The summed E-state index contributed by atoms with van der Waals surface area (Å²) >= 11 is 0. The number of benzene rings is 2. The van der Waals surface area contributed by atoms with Crippen LogP contribution in [0.2, 0.25) is 0 Å². The SMILES string of the molecule is [B]Cc1cccc(OCCOCc2ccccc2)c1N. The molecule has 2 N–H and O–H groups in total. The van der Waals surface area contributed by atoms with E-state index in [9.17, 15) is 0 Å². The Balaban J connectivity index is 1.74. The molecule has 102 valence electrons. The molecule has 0 atom stereocenters. The highest BCUT2D eigenvalue weighted by molar-refractivity contribution is 6.08. The first-order chi connectivity index (χ1) is 9.81. The smallest absolute Gasteiger partial charge is 0.142 e. The molecule has 20 heavy (non-hydrogen) atoms. The molecule has 0 saturated heterocycles. The van der Waals surface area contributed by atoms with Gasteiger partial charge in [-0.15, -0.1) is 0 Å². The highest BCUT2D eigenvalue weighted by atomic mass is 16.5. The number of ether oxygens (including phenoxy) is 2. The Labute approximate surface area is 121 Å². The molecule has 4 heteroatoms. The lowest BCUT2D eigenvalue weighted by molar-refractivity contribution is 0.0891. The van der Waals surface area contributed by atoms with Gasteiger partial charge in [-0.1, -0.05) is 48.8 Å². The molecule has 0 amide bonds. The van der Waals surface area contributed by atoms with Crippen LogP contribution in [0.25, 0.3) is 0 Å². The number of nitrogen functional groups attached to an aromatic ring is 1. The van der Waals surface area contributed by atoms with Crippen LogP contribution in [0.5, 0.6) is 5.75 Å². The Morgan fingerprint density at radius 2 is 1.75 bits per heavy atom. The summed E-state index contributed by atoms with van der Waals surface area (Å²) in [6.07, 6.45) is 0.410. The van der Waals surface area contributed by atoms with Gasteiger partial charge in [-0.2, -0.15) is 0 Å². The molecule has 2 aromatic rings. The Bertz CT molecular complexity index is 531. The monoisotopic (exact) mass is 267 g/mol. The highest BCUT2D eigenvalue weighted by Crippen LogP contribution is 2.24. The lowest BCUT2D eigenvalue weighted by Crippen LogP contribution is -2.08. The van der Waals surface area contributed by atoms with E-state index in [-0.39, 0.29) is 0 Å². The minimum absolute atomic E-state index is 0.410. The van der Waals surface area contributed by atoms with Gasteiger partial charge in [0, 0.05) is 0 Å². The zero-order valence-corrected chi connectivity index (χ0v) is 11.4. The fourth-order valence-electron chi connectivity index (χ4n) is 1.87. The van der Waals surface area contributed by atoms with Crippen LogP contribution >= 0.6 is 0 Å². The van der Waals surface area contributed by atoms with Crippen LogP contribution in [0, 0.1) is 0 Å². The van der Waals surface area contributed by atoms with Crippen molar-refractivity contribution in [3.05, 3.63) is 59.7 Å². The van der Waals surface area contributed by atoms with Gasteiger partial charge in [-0.05, 0) is 17.2 Å². The van der Waals surface area contributed by atoms with E-state index < -0.39 is 0 Å². The van der Waals surface area contributed by atoms with Gasteiger partial charge in [0.2, 0.25) is 0 Å². The van der Waals surface area contributed by atoms with Crippen LogP contribution in [0.1, 0.15) is 11.1 Å². The fraction of sp³-hybridized carbons (Fsp3) is 0.250. The fourth-order valence-corrected chi connectivity index (χ4v) is 1.87. The predicted octanol–water partition coefficient (Wildman–Crippen LogP) is 2.53. The van der Waals surface area contributed by atoms with Crippen LogP contribution in [0.15, 0.2) is 48.5 Å². The van der Waals surface area contributed by atoms with E-state index in [2.05, 4.69) is 0 Å². The van der Waals surface area contributed by atoms with Gasteiger partial charge in [0.05, 0.1) is 26.7 Å². The Morgan fingerprint density at radius 3 is 2.50 bits per heavy atom. The van der Waals surface area contributed by atoms with Gasteiger partial charge in [0.1, 0.15) is 12.4 Å². The van der Waals surface area contributed by atoms with Crippen molar-refractivity contribution in [1.29, 1.82) is 0 Å². The summed E-state index contributed by atoms with van der Waals surface area (Å²) in [7, 11) is 5.60. The Kier molecular flexibility index (Phi) is 5.50. The maximum atomic E-state index is 5.95. The van der Waals surface area contributed by atoms with Crippen LogP contribution in [0.3, 0.4) is 0 Å². The second kappa shape index (κ2) is 7.60. The zero-order valence-electron chi connectivity index (χ0n) is 11.4. The van der Waals surface area contributed by atoms with Gasteiger partial charge < -0.3 is 15.2 Å². The molecule has 0 aliphatic carbocycles. The number of rotatable bonds is 7. The van der Waals surface area contributed by atoms with Gasteiger partial charge in [0.15, 0.2) is 0 Å². The normalized spacial score (nSPS) is 10.4. The zero-order chi connectivity index (χ0) is 14.2. The summed E-state index contributed by atoms with van der Waals surface area (Å²) in [5.74, 6) is 0.663. The number of hydrogen-bond donors (Lipinski definition) is 1. The summed E-state index contributed by atoms with van der Waals surface area (Å²) in [6, 6.07) is 15.7. The second-order valence-corrected chi connectivity index (χ2v) is 4.42. The number of hydrogen-bond acceptors (Lipinski definition) is 3. The van der Waals surface area contributed by atoms with E-state index in [4.69, 9.17) is 23.1 Å². The van der Waals surface area contributed by atoms with Crippen molar-refractivity contribution in [3.63, 3.8) is 0 Å².